The van der Waals surface area contributed by atoms with Gasteiger partial charge < -0.3 is 0 Å². The Labute approximate surface area is 118 Å². The zero-order valence-electron chi connectivity index (χ0n) is 9.46. The summed E-state index contributed by atoms with van der Waals surface area (Å²) in [6.07, 6.45) is -16.1. The molecule has 0 aromatic heterocycles. The van der Waals surface area contributed by atoms with E-state index in [0.29, 0.717) is 5.26 Å². The van der Waals surface area contributed by atoms with Crippen LogP contribution in [0.15, 0.2) is 12.1 Å². The van der Waals surface area contributed by atoms with Gasteiger partial charge in [-0.2, -0.15) is 39.5 Å². The molecule has 1 aromatic carbocycles. The van der Waals surface area contributed by atoms with Crippen molar-refractivity contribution in [3.8, 4) is 0 Å². The molecule has 11 heteroatoms. The third-order valence-corrected chi connectivity index (χ3v) is 3.36. The summed E-state index contributed by atoms with van der Waals surface area (Å²) in [6.45, 7) is 0. The van der Waals surface area contributed by atoms with E-state index in [1.807, 2.05) is 0 Å². The molecule has 0 aliphatic rings. The van der Waals surface area contributed by atoms with Crippen LogP contribution in [0.2, 0.25) is 0 Å². The largest absolute Gasteiger partial charge is 0.417 e. The van der Waals surface area contributed by atoms with E-state index in [-0.39, 0.29) is 12.1 Å². The highest BCUT2D eigenvalue weighted by atomic mass is 35.5. The molecule has 0 saturated carbocycles. The van der Waals surface area contributed by atoms with E-state index in [1.54, 1.807) is 0 Å². The van der Waals surface area contributed by atoms with Crippen LogP contribution in [0.5, 0.6) is 0 Å². The second-order valence-corrected chi connectivity index (χ2v) is 5.13. The van der Waals surface area contributed by atoms with Crippen LogP contribution in [-0.4, -0.2) is 5.26 Å². The summed E-state index contributed by atoms with van der Waals surface area (Å²) in [6, 6.07) is -0.726. The monoisotopic (exact) mass is 360 g/mol. The van der Waals surface area contributed by atoms with Crippen molar-refractivity contribution >= 4 is 30.4 Å². The molecule has 0 unspecified atom stereocenters. The summed E-state index contributed by atoms with van der Waals surface area (Å²) in [7, 11) is -0.710. The number of halogens is 10. The average molecular weight is 361 g/mol. The molecular formula is C10H3ClF9P. The average Bonchev–Trinajstić information content (AvgIpc) is 2.24. The topological polar surface area (TPSA) is 0 Å². The Morgan fingerprint density at radius 2 is 1.14 bits per heavy atom. The minimum Gasteiger partial charge on any atom is -0.166 e. The first-order chi connectivity index (χ1) is 9.28. The van der Waals surface area contributed by atoms with Crippen LogP contribution < -0.4 is 5.30 Å². The molecule has 0 radical (unpaired) electrons. The molecule has 21 heavy (non-hydrogen) atoms. The maximum Gasteiger partial charge on any atom is 0.417 e. The van der Waals surface area contributed by atoms with Gasteiger partial charge in [-0.15, -0.1) is 0 Å². The zero-order chi connectivity index (χ0) is 16.6. The highest BCUT2D eigenvalue weighted by molar-refractivity contribution is 7.51. The van der Waals surface area contributed by atoms with E-state index >= 15 is 0 Å². The summed E-state index contributed by atoms with van der Waals surface area (Å²) in [5.41, 5.74) is -6.08. The smallest absolute Gasteiger partial charge is 0.166 e. The van der Waals surface area contributed by atoms with Crippen LogP contribution >= 0.6 is 19.8 Å². The van der Waals surface area contributed by atoms with Gasteiger partial charge in [0.05, 0.1) is 16.7 Å². The van der Waals surface area contributed by atoms with Crippen LogP contribution in [-0.2, 0) is 18.5 Å². The fraction of sp³-hybridized carbons (Fsp3) is 0.300. The van der Waals surface area contributed by atoms with E-state index in [9.17, 15) is 39.5 Å². The Balaban J connectivity index is 3.84. The summed E-state index contributed by atoms with van der Waals surface area (Å²) in [4.78, 5) is 0. The second kappa shape index (κ2) is 5.68. The standard InChI is InChI=1S/C10H3ClF9P/c11-3-21-7-5(9(15,16)17)1-4(8(12,13)14)2-6(7)10(18,19)20/h1-3H. The van der Waals surface area contributed by atoms with Crippen molar-refractivity contribution in [3.05, 3.63) is 28.8 Å². The Morgan fingerprint density at radius 3 is 1.38 bits per heavy atom. The summed E-state index contributed by atoms with van der Waals surface area (Å²) in [5.74, 6) is 0. The summed E-state index contributed by atoms with van der Waals surface area (Å²) < 4.78 is 114. The molecule has 118 valence electrons. The molecule has 0 fully saturated rings. The van der Waals surface area contributed by atoms with Crippen LogP contribution in [0.3, 0.4) is 0 Å². The predicted octanol–water partition coefficient (Wildman–Crippen LogP) is 5.31. The van der Waals surface area contributed by atoms with Gasteiger partial charge in [0, 0.05) is 10.6 Å². The number of alkyl halides is 9. The van der Waals surface area contributed by atoms with Crippen LogP contribution in [0, 0.1) is 0 Å². The van der Waals surface area contributed by atoms with Gasteiger partial charge in [-0.25, -0.2) is 0 Å². The molecule has 1 rings (SSSR count). The van der Waals surface area contributed by atoms with Crippen molar-refractivity contribution in [2.45, 2.75) is 18.5 Å². The van der Waals surface area contributed by atoms with Crippen molar-refractivity contribution in [1.29, 1.82) is 0 Å². The van der Waals surface area contributed by atoms with Crippen molar-refractivity contribution in [1.82, 2.24) is 0 Å². The number of rotatable bonds is 1. The third kappa shape index (κ3) is 4.26. The Morgan fingerprint density at radius 1 is 0.762 bits per heavy atom. The minimum absolute atomic E-state index is 0.363. The van der Waals surface area contributed by atoms with Crippen LogP contribution in [0.4, 0.5) is 39.5 Å². The third-order valence-electron chi connectivity index (χ3n) is 2.23. The van der Waals surface area contributed by atoms with Crippen molar-refractivity contribution < 1.29 is 39.5 Å². The maximum absolute atomic E-state index is 12.7. The molecule has 0 nitrogen and oxygen atoms in total. The molecule has 0 atom stereocenters. The van der Waals surface area contributed by atoms with Crippen molar-refractivity contribution in [3.63, 3.8) is 0 Å². The van der Waals surface area contributed by atoms with Crippen LogP contribution in [0.25, 0.3) is 0 Å². The Kier molecular flexibility index (Phi) is 4.90. The first-order valence-electron chi connectivity index (χ1n) is 4.81. The lowest BCUT2D eigenvalue weighted by atomic mass is 10.0. The fourth-order valence-electron chi connectivity index (χ4n) is 1.42. The van der Waals surface area contributed by atoms with E-state index in [0.717, 1.165) is 0 Å². The van der Waals surface area contributed by atoms with Crippen molar-refractivity contribution in [2.75, 3.05) is 0 Å². The van der Waals surface area contributed by atoms with Gasteiger partial charge in [0.1, 0.15) is 0 Å². The maximum atomic E-state index is 12.7. The molecule has 1 aromatic rings. The zero-order valence-corrected chi connectivity index (χ0v) is 11.1. The molecule has 0 bridgehead atoms. The van der Waals surface area contributed by atoms with E-state index in [2.05, 4.69) is 0 Å². The molecule has 0 spiro atoms. The molecule has 0 aliphatic carbocycles. The number of hydrogen-bond donors (Lipinski definition) is 0. The van der Waals surface area contributed by atoms with Crippen LogP contribution in [0.1, 0.15) is 16.7 Å². The summed E-state index contributed by atoms with van der Waals surface area (Å²) >= 11 is 5.02. The first kappa shape index (κ1) is 18.1. The van der Waals surface area contributed by atoms with E-state index in [4.69, 9.17) is 11.6 Å². The molecule has 0 saturated heterocycles. The predicted molar refractivity (Wildman–Crippen MR) is 59.9 cm³/mol. The molecule has 0 N–H and O–H groups in total. The highest BCUT2D eigenvalue weighted by Crippen LogP contribution is 2.40. The van der Waals surface area contributed by atoms with Gasteiger partial charge >= 0.3 is 18.5 Å². The van der Waals surface area contributed by atoms with E-state index in [1.165, 1.54) is 0 Å². The fourth-order valence-corrected chi connectivity index (χ4v) is 2.47. The van der Waals surface area contributed by atoms with Gasteiger partial charge in [0.15, 0.2) is 0 Å². The van der Waals surface area contributed by atoms with Gasteiger partial charge in [0.25, 0.3) is 0 Å². The van der Waals surface area contributed by atoms with Gasteiger partial charge in [-0.05, 0) is 12.1 Å². The Hall–Kier alpha value is -0.950. The highest BCUT2D eigenvalue weighted by Gasteiger charge is 2.44. The summed E-state index contributed by atoms with van der Waals surface area (Å²) in [5, 5.41) is -0.925. The van der Waals surface area contributed by atoms with Gasteiger partial charge in [-0.3, -0.25) is 0 Å². The normalized spacial score (nSPS) is 14.0. The lowest BCUT2D eigenvalue weighted by Crippen LogP contribution is -2.26. The second-order valence-electron chi connectivity index (χ2n) is 3.64. The molecule has 0 heterocycles. The Bertz CT molecular complexity index is 518. The minimum atomic E-state index is -5.39. The molecule has 0 amide bonds. The number of benzene rings is 1. The molecular weight excluding hydrogens is 358 g/mol. The van der Waals surface area contributed by atoms with Gasteiger partial charge in [0.2, 0.25) is 0 Å². The van der Waals surface area contributed by atoms with E-state index < -0.39 is 48.7 Å². The SMILES string of the molecule is FC(F)(F)c1cc(C(F)(F)F)c(P=CCl)c(C(F)(F)F)c1. The quantitative estimate of drug-likeness (QED) is 0.470. The lowest BCUT2D eigenvalue weighted by Gasteiger charge is -2.19. The van der Waals surface area contributed by atoms with Gasteiger partial charge in [-0.1, -0.05) is 19.8 Å². The first-order valence-corrected chi connectivity index (χ1v) is 6.21. The van der Waals surface area contributed by atoms with Crippen molar-refractivity contribution in [2.24, 2.45) is 0 Å². The molecule has 0 aliphatic heterocycles. The number of hydrogen-bond acceptors (Lipinski definition) is 0. The lowest BCUT2D eigenvalue weighted by molar-refractivity contribution is -0.147.